The fraction of sp³-hybridized carbons (Fsp3) is 0.667. The third kappa shape index (κ3) is 9.09. The molecule has 2 saturated heterocycles. The fourth-order valence-electron chi connectivity index (χ4n) is 5.43. The molecule has 4 aliphatic heterocycles. The lowest BCUT2D eigenvalue weighted by Crippen LogP contribution is -2.36. The largest absolute Gasteiger partial charge is 0.378 e. The molecule has 5 heterocycles. The Kier molecular flexibility index (Phi) is 14.1. The summed E-state index contributed by atoms with van der Waals surface area (Å²) in [7, 11) is 0. The van der Waals surface area contributed by atoms with Crippen molar-refractivity contribution in [2.45, 2.75) is 77.7 Å². The van der Waals surface area contributed by atoms with E-state index in [1.54, 1.807) is 11.3 Å². The zero-order valence-corrected chi connectivity index (χ0v) is 30.3. The molecule has 0 saturated carbocycles. The minimum atomic E-state index is 0.797. The Balaban J connectivity index is 1.37. The normalized spacial score (nSPS) is 22.1. The van der Waals surface area contributed by atoms with Gasteiger partial charge in [-0.1, -0.05) is 136 Å². The Morgan fingerprint density at radius 3 is 1.52 bits per heavy atom. The van der Waals surface area contributed by atoms with Crippen LogP contribution in [-0.2, 0) is 16.0 Å². The van der Waals surface area contributed by atoms with Crippen molar-refractivity contribution in [3.63, 3.8) is 0 Å². The number of unbranched alkanes of at least 4 members (excludes halogenated alkanes) is 9. The molecule has 1 aromatic rings. The summed E-state index contributed by atoms with van der Waals surface area (Å²) in [6.07, 6.45) is 13.3. The second kappa shape index (κ2) is 17.7. The SMILES string of the molecule is CCCCCCCCCCCCn1/c(=C2/SC=C(N3CCOCC3)S2)c(=S)sc(=S)/c1=C1/SC=C(N2CCOCC2)S1. The topological polar surface area (TPSA) is 29.9 Å². The van der Waals surface area contributed by atoms with Crippen LogP contribution in [0.4, 0.5) is 0 Å². The van der Waals surface area contributed by atoms with E-state index in [0.29, 0.717) is 0 Å². The van der Waals surface area contributed by atoms with Gasteiger partial charge in [0.15, 0.2) is 0 Å². The van der Waals surface area contributed by atoms with E-state index in [2.05, 4.69) is 32.1 Å². The van der Waals surface area contributed by atoms with E-state index in [-0.39, 0.29) is 0 Å². The molecule has 0 aliphatic carbocycles. The van der Waals surface area contributed by atoms with Gasteiger partial charge in [-0.25, -0.2) is 0 Å². The first-order valence-electron chi connectivity index (χ1n) is 15.4. The quantitative estimate of drug-likeness (QED) is 0.148. The van der Waals surface area contributed by atoms with Crippen molar-refractivity contribution >= 4 is 91.3 Å². The molecular weight excluding hydrogens is 659 g/mol. The molecule has 0 aromatic carbocycles. The molecule has 5 rings (SSSR count). The van der Waals surface area contributed by atoms with E-state index in [1.807, 2.05) is 47.0 Å². The number of hydrogen-bond acceptors (Lipinski definition) is 11. The van der Waals surface area contributed by atoms with Crippen molar-refractivity contribution in [1.82, 2.24) is 14.4 Å². The van der Waals surface area contributed by atoms with Crippen molar-refractivity contribution < 1.29 is 9.47 Å². The van der Waals surface area contributed by atoms with Crippen molar-refractivity contribution in [3.8, 4) is 0 Å². The molecule has 0 spiro atoms. The summed E-state index contributed by atoms with van der Waals surface area (Å²) in [4.78, 5) is 4.90. The average molecular weight is 702 g/mol. The third-order valence-corrected chi connectivity index (χ3v) is 14.3. The molecular formula is C30H43N3O2S7. The molecule has 12 heteroatoms. The maximum Gasteiger partial charge on any atom is 0.117 e. The number of morpholine rings is 2. The summed E-state index contributed by atoms with van der Waals surface area (Å²) in [6, 6.07) is 0. The lowest BCUT2D eigenvalue weighted by molar-refractivity contribution is 0.0578. The summed E-state index contributed by atoms with van der Waals surface area (Å²) in [5, 5.41) is 9.64. The van der Waals surface area contributed by atoms with Gasteiger partial charge in [0.1, 0.15) is 7.65 Å². The van der Waals surface area contributed by atoms with Crippen LogP contribution in [0.2, 0.25) is 0 Å². The molecule has 232 valence electrons. The zero-order valence-electron chi connectivity index (χ0n) is 24.6. The predicted octanol–water partition coefficient (Wildman–Crippen LogP) is 8.28. The van der Waals surface area contributed by atoms with Gasteiger partial charge >= 0.3 is 0 Å². The van der Waals surface area contributed by atoms with Crippen molar-refractivity contribution in [1.29, 1.82) is 0 Å². The minimum Gasteiger partial charge on any atom is -0.378 e. The first-order valence-corrected chi connectivity index (χ1v) is 20.5. The number of hydrogen-bond donors (Lipinski definition) is 0. The molecule has 1 aromatic heterocycles. The number of aromatic nitrogens is 1. The number of rotatable bonds is 13. The minimum absolute atomic E-state index is 0.797. The third-order valence-electron chi connectivity index (χ3n) is 7.81. The van der Waals surface area contributed by atoms with Crippen LogP contribution >= 0.6 is 82.8 Å². The lowest BCUT2D eigenvalue weighted by atomic mass is 10.1. The maximum absolute atomic E-state index is 6.07. The van der Waals surface area contributed by atoms with E-state index in [9.17, 15) is 0 Å². The summed E-state index contributed by atoms with van der Waals surface area (Å²) >= 11 is 21.1. The van der Waals surface area contributed by atoms with Crippen LogP contribution < -0.4 is 10.7 Å². The smallest absolute Gasteiger partial charge is 0.117 e. The maximum atomic E-state index is 6.07. The molecule has 0 bridgehead atoms. The summed E-state index contributed by atoms with van der Waals surface area (Å²) in [6.45, 7) is 10.2. The van der Waals surface area contributed by atoms with Crippen LogP contribution in [0.5, 0.6) is 0 Å². The lowest BCUT2D eigenvalue weighted by Gasteiger charge is -2.28. The summed E-state index contributed by atoms with van der Waals surface area (Å²) < 4.78 is 18.1. The molecule has 0 unspecified atom stereocenters. The Morgan fingerprint density at radius 1 is 0.643 bits per heavy atom. The number of ether oxygens (including phenoxy) is 2. The van der Waals surface area contributed by atoms with Crippen molar-refractivity contribution in [2.75, 3.05) is 52.6 Å². The van der Waals surface area contributed by atoms with Crippen LogP contribution in [0.15, 0.2) is 20.9 Å². The van der Waals surface area contributed by atoms with E-state index < -0.39 is 0 Å². The first kappa shape index (κ1) is 33.4. The summed E-state index contributed by atoms with van der Waals surface area (Å²) in [5.74, 6) is 0. The molecule has 0 amide bonds. The van der Waals surface area contributed by atoms with Crippen LogP contribution in [-0.4, -0.2) is 67.0 Å². The second-order valence-electron chi connectivity index (χ2n) is 10.8. The number of nitrogens with zero attached hydrogens (tertiary/aromatic N) is 3. The van der Waals surface area contributed by atoms with E-state index in [4.69, 9.17) is 33.9 Å². The highest BCUT2D eigenvalue weighted by atomic mass is 32.2. The van der Waals surface area contributed by atoms with Crippen molar-refractivity contribution in [2.24, 2.45) is 0 Å². The molecule has 0 radical (unpaired) electrons. The summed E-state index contributed by atoms with van der Waals surface area (Å²) in [5.41, 5.74) is 0. The Bertz CT molecular complexity index is 1270. The Hall–Kier alpha value is 0.0800. The highest BCUT2D eigenvalue weighted by Gasteiger charge is 2.25. The van der Waals surface area contributed by atoms with E-state index in [0.717, 1.165) is 73.2 Å². The van der Waals surface area contributed by atoms with Gasteiger partial charge in [0.2, 0.25) is 0 Å². The Labute approximate surface area is 282 Å². The van der Waals surface area contributed by atoms with Crippen molar-refractivity contribution in [3.05, 3.63) is 39.2 Å². The van der Waals surface area contributed by atoms with Crippen LogP contribution in [0, 0.1) is 7.65 Å². The van der Waals surface area contributed by atoms with Gasteiger partial charge in [0.25, 0.3) is 0 Å². The van der Waals surface area contributed by atoms with Crippen LogP contribution in [0.1, 0.15) is 71.1 Å². The molecule has 5 nitrogen and oxygen atoms in total. The highest BCUT2D eigenvalue weighted by Crippen LogP contribution is 2.47. The van der Waals surface area contributed by atoms with Gasteiger partial charge < -0.3 is 23.8 Å². The van der Waals surface area contributed by atoms with Crippen LogP contribution in [0.25, 0.3) is 8.47 Å². The second-order valence-corrected chi connectivity index (χ2v) is 17.5. The predicted molar refractivity (Wildman–Crippen MR) is 193 cm³/mol. The van der Waals surface area contributed by atoms with Gasteiger partial charge in [0.05, 0.1) is 55.7 Å². The van der Waals surface area contributed by atoms with Gasteiger partial charge in [-0.3, -0.25) is 0 Å². The fourth-order valence-corrected chi connectivity index (χ4v) is 12.7. The molecule has 0 atom stereocenters. The van der Waals surface area contributed by atoms with Gasteiger partial charge in [0, 0.05) is 43.5 Å². The molecule has 0 N–H and O–H groups in total. The van der Waals surface area contributed by atoms with Crippen LogP contribution in [0.3, 0.4) is 0 Å². The van der Waals surface area contributed by atoms with Gasteiger partial charge in [-0.05, 0) is 6.42 Å². The monoisotopic (exact) mass is 701 g/mol. The van der Waals surface area contributed by atoms with Gasteiger partial charge in [-0.2, -0.15) is 0 Å². The van der Waals surface area contributed by atoms with E-state index >= 15 is 0 Å². The van der Waals surface area contributed by atoms with Gasteiger partial charge in [-0.15, -0.1) is 11.3 Å². The standard InChI is InChI=1S/C30H43N3O2S7/c1-2-3-4-5-6-7-8-9-10-11-12-33-25(29-38-21-23(40-29)31-13-17-34-18-14-31)27(36)42-28(37)26(33)30-39-22-24(41-30)32-15-19-35-20-16-32/h21-22H,2-20H2,1H3/b29-25-,30-26+. The Morgan fingerprint density at radius 2 is 1.07 bits per heavy atom. The molecule has 42 heavy (non-hydrogen) atoms. The molecule has 2 fully saturated rings. The van der Waals surface area contributed by atoms with E-state index in [1.165, 1.54) is 87.0 Å². The highest BCUT2D eigenvalue weighted by molar-refractivity contribution is 8.35. The average Bonchev–Trinajstić information content (AvgIpc) is 3.70. The number of thioether (sulfide) groups is 4. The molecule has 4 aliphatic rings. The first-order chi connectivity index (χ1) is 20.7. The zero-order chi connectivity index (χ0) is 29.1.